The molecule has 2 heterocycles. The van der Waals surface area contributed by atoms with Gasteiger partial charge in [0.05, 0.1) is 17.3 Å². The molecule has 0 aliphatic carbocycles. The Hall–Kier alpha value is -3.74. The molecule has 0 fully saturated rings. The quantitative estimate of drug-likeness (QED) is 0.705. The summed E-state index contributed by atoms with van der Waals surface area (Å²) in [6, 6.07) is 16.3. The van der Waals surface area contributed by atoms with Crippen molar-refractivity contribution in [2.75, 3.05) is 0 Å². The van der Waals surface area contributed by atoms with Gasteiger partial charge < -0.3 is 14.9 Å². The van der Waals surface area contributed by atoms with Crippen LogP contribution in [0.5, 0.6) is 0 Å². The van der Waals surface area contributed by atoms with Gasteiger partial charge in [0.25, 0.3) is 5.56 Å². The summed E-state index contributed by atoms with van der Waals surface area (Å²) in [6.45, 7) is 1.92. The number of aromatic nitrogens is 1. The molecule has 7 heteroatoms. The van der Waals surface area contributed by atoms with Crippen molar-refractivity contribution in [1.29, 1.82) is 0 Å². The zero-order valence-electron chi connectivity index (χ0n) is 16.4. The summed E-state index contributed by atoms with van der Waals surface area (Å²) < 4.78 is 0. The third-order valence-corrected chi connectivity index (χ3v) is 5.29. The highest BCUT2D eigenvalue weighted by atomic mass is 16.4. The van der Waals surface area contributed by atoms with Crippen LogP contribution in [0.25, 0.3) is 10.9 Å². The minimum atomic E-state index is -1.30. The fraction of sp³-hybridized carbons (Fsp3) is 0.217. The van der Waals surface area contributed by atoms with Crippen LogP contribution >= 0.6 is 0 Å². The van der Waals surface area contributed by atoms with E-state index < -0.39 is 24.3 Å². The molecule has 152 valence electrons. The first-order chi connectivity index (χ1) is 14.4. The zero-order chi connectivity index (χ0) is 21.3. The summed E-state index contributed by atoms with van der Waals surface area (Å²) in [5.41, 5.74) is 3.36. The molecule has 1 aliphatic rings. The van der Waals surface area contributed by atoms with Crippen molar-refractivity contribution in [2.45, 2.75) is 32.2 Å². The van der Waals surface area contributed by atoms with Crippen molar-refractivity contribution < 1.29 is 14.7 Å². The Morgan fingerprint density at radius 1 is 1.13 bits per heavy atom. The van der Waals surface area contributed by atoms with Gasteiger partial charge >= 0.3 is 0 Å². The number of fused-ring (bicyclic) bond motifs is 1. The Morgan fingerprint density at radius 2 is 1.90 bits per heavy atom. The van der Waals surface area contributed by atoms with Crippen LogP contribution in [0.15, 0.2) is 64.5 Å². The van der Waals surface area contributed by atoms with Crippen LogP contribution in [-0.2, 0) is 9.59 Å². The second-order valence-electron chi connectivity index (χ2n) is 7.34. The van der Waals surface area contributed by atoms with Gasteiger partial charge in [-0.25, -0.2) is 5.01 Å². The molecule has 0 spiro atoms. The molecule has 1 amide bonds. The number of aliphatic carboxylic acids is 1. The van der Waals surface area contributed by atoms with E-state index in [-0.39, 0.29) is 12.0 Å². The van der Waals surface area contributed by atoms with E-state index in [1.54, 1.807) is 6.07 Å². The average Bonchev–Trinajstić information content (AvgIpc) is 3.18. The summed E-state index contributed by atoms with van der Waals surface area (Å²) in [4.78, 5) is 39.4. The number of nitrogens with zero attached hydrogens (tertiary/aromatic N) is 2. The van der Waals surface area contributed by atoms with Gasteiger partial charge in [0, 0.05) is 24.4 Å². The van der Waals surface area contributed by atoms with Gasteiger partial charge in [-0.1, -0.05) is 48.5 Å². The first kappa shape index (κ1) is 19.6. The van der Waals surface area contributed by atoms with E-state index in [9.17, 15) is 19.5 Å². The highest BCUT2D eigenvalue weighted by Crippen LogP contribution is 2.33. The Bertz CT molecular complexity index is 1210. The monoisotopic (exact) mass is 402 g/mol. The van der Waals surface area contributed by atoms with E-state index in [0.717, 1.165) is 22.0 Å². The van der Waals surface area contributed by atoms with Crippen molar-refractivity contribution in [3.63, 3.8) is 0 Å². The number of para-hydroxylation sites is 1. The molecule has 7 nitrogen and oxygen atoms in total. The number of nitrogens with one attached hydrogen (secondary N) is 1. The number of rotatable bonds is 5. The van der Waals surface area contributed by atoms with Crippen molar-refractivity contribution >= 4 is 28.5 Å². The predicted octanol–water partition coefficient (Wildman–Crippen LogP) is 2.04. The molecule has 1 atom stereocenters. The van der Waals surface area contributed by atoms with Crippen LogP contribution in [0.3, 0.4) is 0 Å². The molecule has 0 saturated heterocycles. The molecule has 1 aromatic heterocycles. The number of carbonyl (C=O) groups is 2. The van der Waals surface area contributed by atoms with E-state index in [1.165, 1.54) is 5.01 Å². The van der Waals surface area contributed by atoms with Crippen LogP contribution in [0.4, 0.5) is 0 Å². The second-order valence-corrected chi connectivity index (χ2v) is 7.34. The van der Waals surface area contributed by atoms with Gasteiger partial charge in [0.1, 0.15) is 0 Å². The molecule has 2 aromatic carbocycles. The third kappa shape index (κ3) is 3.74. The lowest BCUT2D eigenvalue weighted by Gasteiger charge is -2.22. The number of aryl methyl sites for hydroxylation is 1. The number of carboxylic acids is 1. The number of hydrogen-bond donors (Lipinski definition) is 1. The number of hydrazone groups is 1. The number of benzene rings is 2. The van der Waals surface area contributed by atoms with Crippen molar-refractivity contribution in [3.05, 3.63) is 81.6 Å². The van der Waals surface area contributed by atoms with Gasteiger partial charge in [-0.2, -0.15) is 5.10 Å². The number of pyridine rings is 1. The molecule has 30 heavy (non-hydrogen) atoms. The topological polar surface area (TPSA) is 106 Å². The van der Waals surface area contributed by atoms with Gasteiger partial charge in [0.15, 0.2) is 0 Å². The highest BCUT2D eigenvalue weighted by molar-refractivity contribution is 6.03. The average molecular weight is 402 g/mol. The number of carboxylic acid groups (broad SMARTS) is 1. The van der Waals surface area contributed by atoms with Crippen molar-refractivity contribution in [1.82, 2.24) is 9.99 Å². The lowest BCUT2D eigenvalue weighted by atomic mass is 9.97. The maximum absolute atomic E-state index is 12.9. The second kappa shape index (κ2) is 7.94. The van der Waals surface area contributed by atoms with E-state index in [2.05, 4.69) is 10.1 Å². The van der Waals surface area contributed by atoms with Crippen LogP contribution in [-0.4, -0.2) is 27.6 Å². The predicted molar refractivity (Wildman–Crippen MR) is 111 cm³/mol. The molecular weight excluding hydrogens is 382 g/mol. The first-order valence-corrected chi connectivity index (χ1v) is 9.71. The number of H-pyrrole nitrogens is 1. The SMILES string of the molecule is Cc1cccc2cc([C@@H]3CC(c4ccccc4)=NN3C(=O)CCC(=O)[O-])c(=O)[nH]c12. The molecular formula is C23H20N3O4-. The summed E-state index contributed by atoms with van der Waals surface area (Å²) in [6.07, 6.45) is -0.276. The molecule has 0 bridgehead atoms. The summed E-state index contributed by atoms with van der Waals surface area (Å²) in [7, 11) is 0. The molecule has 0 radical (unpaired) electrons. The van der Waals surface area contributed by atoms with E-state index in [4.69, 9.17) is 0 Å². The minimum absolute atomic E-state index is 0.241. The number of hydrogen-bond acceptors (Lipinski definition) is 5. The van der Waals surface area contributed by atoms with Gasteiger partial charge in [-0.3, -0.25) is 9.59 Å². The molecule has 1 N–H and O–H groups in total. The lowest BCUT2D eigenvalue weighted by Crippen LogP contribution is -2.32. The van der Waals surface area contributed by atoms with Gasteiger partial charge in [-0.05, 0) is 35.9 Å². The number of carbonyl (C=O) groups excluding carboxylic acids is 2. The fourth-order valence-corrected chi connectivity index (χ4v) is 3.76. The zero-order valence-corrected chi connectivity index (χ0v) is 16.4. The van der Waals surface area contributed by atoms with Crippen LogP contribution in [0.2, 0.25) is 0 Å². The van der Waals surface area contributed by atoms with Crippen LogP contribution < -0.4 is 10.7 Å². The maximum Gasteiger partial charge on any atom is 0.253 e. The normalized spacial score (nSPS) is 16.0. The Morgan fingerprint density at radius 3 is 2.63 bits per heavy atom. The van der Waals surface area contributed by atoms with E-state index in [1.807, 2.05) is 55.5 Å². The van der Waals surface area contributed by atoms with Gasteiger partial charge in [-0.15, -0.1) is 0 Å². The molecule has 0 unspecified atom stereocenters. The standard InChI is InChI=1S/C23H21N3O4/c1-14-6-5-9-16-12-17(23(30)24-22(14)16)19-13-18(15-7-3-2-4-8-15)25-26(19)20(27)10-11-21(28)29/h2-9,12,19H,10-11,13H2,1H3,(H,24,30)(H,28,29)/p-1/t19-/m0/s1. The van der Waals surface area contributed by atoms with Crippen molar-refractivity contribution in [2.24, 2.45) is 5.10 Å². The summed E-state index contributed by atoms with van der Waals surface area (Å²) in [5.74, 6) is -1.76. The lowest BCUT2D eigenvalue weighted by molar-refractivity contribution is -0.305. The molecule has 4 rings (SSSR count). The number of amides is 1. The van der Waals surface area contributed by atoms with Gasteiger partial charge in [0.2, 0.25) is 5.91 Å². The van der Waals surface area contributed by atoms with E-state index in [0.29, 0.717) is 17.7 Å². The van der Waals surface area contributed by atoms with Crippen LogP contribution in [0, 0.1) is 6.92 Å². The molecule has 3 aromatic rings. The van der Waals surface area contributed by atoms with Crippen molar-refractivity contribution in [3.8, 4) is 0 Å². The van der Waals surface area contributed by atoms with E-state index >= 15 is 0 Å². The smallest absolute Gasteiger partial charge is 0.253 e. The summed E-state index contributed by atoms with van der Waals surface area (Å²) in [5, 5.41) is 17.4. The molecule has 0 saturated carbocycles. The van der Waals surface area contributed by atoms with Crippen LogP contribution in [0.1, 0.15) is 42.0 Å². The highest BCUT2D eigenvalue weighted by Gasteiger charge is 2.34. The maximum atomic E-state index is 12.9. The largest absolute Gasteiger partial charge is 0.550 e. The Balaban J connectivity index is 1.76. The Kier molecular flexibility index (Phi) is 5.18. The third-order valence-electron chi connectivity index (χ3n) is 5.29. The minimum Gasteiger partial charge on any atom is -0.550 e. The molecule has 1 aliphatic heterocycles. The fourth-order valence-electron chi connectivity index (χ4n) is 3.76. The summed E-state index contributed by atoms with van der Waals surface area (Å²) >= 11 is 0. The Labute approximate surface area is 172 Å². The number of aromatic amines is 1. The first-order valence-electron chi connectivity index (χ1n) is 9.71.